The van der Waals surface area contributed by atoms with Crippen LogP contribution in [0.3, 0.4) is 0 Å². The molecule has 0 bridgehead atoms. The quantitative estimate of drug-likeness (QED) is 0.742. The Kier molecular flexibility index (Phi) is 7.61. The monoisotopic (exact) mass is 318 g/mol. The molecule has 1 rings (SSSR count). The summed E-state index contributed by atoms with van der Waals surface area (Å²) in [6.07, 6.45) is 0.998. The number of hydrogen-bond acceptors (Lipinski definition) is 5. The van der Waals surface area contributed by atoms with Crippen molar-refractivity contribution in [3.8, 4) is 11.8 Å². The number of nitriles is 1. The number of rotatable bonds is 8. The zero-order valence-electron chi connectivity index (χ0n) is 13.7. The van der Waals surface area contributed by atoms with Crippen molar-refractivity contribution >= 4 is 11.9 Å². The van der Waals surface area contributed by atoms with E-state index in [2.05, 4.69) is 5.32 Å². The Morgan fingerprint density at radius 2 is 1.91 bits per heavy atom. The highest BCUT2D eigenvalue weighted by atomic mass is 16.6. The first-order valence-electron chi connectivity index (χ1n) is 7.59. The van der Waals surface area contributed by atoms with Crippen LogP contribution in [-0.4, -0.2) is 30.6 Å². The van der Waals surface area contributed by atoms with Gasteiger partial charge in [0.05, 0.1) is 11.6 Å². The molecule has 0 spiro atoms. The van der Waals surface area contributed by atoms with Crippen molar-refractivity contribution in [1.82, 2.24) is 5.32 Å². The summed E-state index contributed by atoms with van der Waals surface area (Å²) in [5.41, 5.74) is 0.505. The third-order valence-electron chi connectivity index (χ3n) is 3.10. The lowest BCUT2D eigenvalue weighted by Gasteiger charge is -2.15. The molecular formula is C17H22N2O4. The number of nitrogens with zero attached hydrogens (tertiary/aromatic N) is 1. The number of nitrogens with one attached hydrogen (secondary N) is 1. The highest BCUT2D eigenvalue weighted by molar-refractivity contribution is 5.82. The lowest BCUT2D eigenvalue weighted by molar-refractivity contribution is -0.154. The molecule has 0 radical (unpaired) electrons. The second-order valence-electron chi connectivity index (χ2n) is 5.26. The average molecular weight is 318 g/mol. The van der Waals surface area contributed by atoms with Gasteiger partial charge in [0.25, 0.3) is 5.91 Å². The highest BCUT2D eigenvalue weighted by Crippen LogP contribution is 2.13. The molecule has 124 valence electrons. The van der Waals surface area contributed by atoms with Crippen LogP contribution in [0.1, 0.15) is 39.2 Å². The molecule has 6 nitrogen and oxygen atoms in total. The molecule has 0 unspecified atom stereocenters. The molecule has 0 saturated heterocycles. The number of amides is 1. The van der Waals surface area contributed by atoms with E-state index in [9.17, 15) is 9.59 Å². The SMILES string of the molecule is CCC[C@H](C)NC(=O)COC(=O)[C@@H](C)Oc1ccc(C#N)cc1. The maximum Gasteiger partial charge on any atom is 0.347 e. The van der Waals surface area contributed by atoms with E-state index < -0.39 is 12.1 Å². The Bertz CT molecular complexity index is 563. The highest BCUT2D eigenvalue weighted by Gasteiger charge is 2.18. The number of benzene rings is 1. The molecule has 1 aromatic carbocycles. The van der Waals surface area contributed by atoms with Gasteiger partial charge in [-0.2, -0.15) is 5.26 Å². The van der Waals surface area contributed by atoms with E-state index in [0.29, 0.717) is 11.3 Å². The first-order valence-corrected chi connectivity index (χ1v) is 7.59. The lowest BCUT2D eigenvalue weighted by Crippen LogP contribution is -2.37. The van der Waals surface area contributed by atoms with E-state index in [0.717, 1.165) is 12.8 Å². The van der Waals surface area contributed by atoms with E-state index >= 15 is 0 Å². The second-order valence-corrected chi connectivity index (χ2v) is 5.26. The first-order chi connectivity index (χ1) is 11.0. The number of carbonyl (C=O) groups is 2. The van der Waals surface area contributed by atoms with Gasteiger partial charge in [0, 0.05) is 6.04 Å². The average Bonchev–Trinajstić information content (AvgIpc) is 2.53. The van der Waals surface area contributed by atoms with E-state index in [4.69, 9.17) is 14.7 Å². The number of esters is 1. The molecule has 0 aromatic heterocycles. The summed E-state index contributed by atoms with van der Waals surface area (Å²) in [6, 6.07) is 8.43. The Morgan fingerprint density at radius 3 is 2.48 bits per heavy atom. The Labute approximate surface area is 136 Å². The minimum absolute atomic E-state index is 0.0542. The summed E-state index contributed by atoms with van der Waals surface area (Å²) in [5, 5.41) is 11.5. The van der Waals surface area contributed by atoms with Crippen molar-refractivity contribution < 1.29 is 19.1 Å². The fourth-order valence-corrected chi connectivity index (χ4v) is 1.94. The molecular weight excluding hydrogens is 296 g/mol. The van der Waals surface area contributed by atoms with Gasteiger partial charge >= 0.3 is 5.97 Å². The van der Waals surface area contributed by atoms with Gasteiger partial charge in [0.2, 0.25) is 0 Å². The molecule has 0 fully saturated rings. The Morgan fingerprint density at radius 1 is 1.26 bits per heavy atom. The van der Waals surface area contributed by atoms with Crippen molar-refractivity contribution in [2.75, 3.05) is 6.61 Å². The first kappa shape index (κ1) is 18.5. The predicted octanol–water partition coefficient (Wildman–Crippen LogP) is 2.17. The van der Waals surface area contributed by atoms with Crippen LogP contribution in [0.2, 0.25) is 0 Å². The zero-order chi connectivity index (χ0) is 17.2. The van der Waals surface area contributed by atoms with Crippen molar-refractivity contribution in [1.29, 1.82) is 5.26 Å². The minimum Gasteiger partial charge on any atom is -0.479 e. The van der Waals surface area contributed by atoms with Crippen LogP contribution in [-0.2, 0) is 14.3 Å². The van der Waals surface area contributed by atoms with Gasteiger partial charge in [-0.3, -0.25) is 4.79 Å². The largest absolute Gasteiger partial charge is 0.479 e. The Hall–Kier alpha value is -2.55. The summed E-state index contributed by atoms with van der Waals surface area (Å²) in [7, 11) is 0. The van der Waals surface area contributed by atoms with Crippen molar-refractivity contribution in [3.05, 3.63) is 29.8 Å². The van der Waals surface area contributed by atoms with Crippen LogP contribution in [0.4, 0.5) is 0 Å². The fraction of sp³-hybridized carbons (Fsp3) is 0.471. The standard InChI is InChI=1S/C17H22N2O4/c1-4-5-12(2)19-16(20)11-22-17(21)13(3)23-15-8-6-14(10-18)7-9-15/h6-9,12-13H,4-5,11H2,1-3H3,(H,19,20)/t12-,13+/m0/s1. The summed E-state index contributed by atoms with van der Waals surface area (Å²) >= 11 is 0. The normalized spacial score (nSPS) is 12.6. The summed E-state index contributed by atoms with van der Waals surface area (Å²) in [5.74, 6) is -0.494. The van der Waals surface area contributed by atoms with Crippen LogP contribution in [0.5, 0.6) is 5.75 Å². The van der Waals surface area contributed by atoms with Crippen LogP contribution >= 0.6 is 0 Å². The van der Waals surface area contributed by atoms with Crippen LogP contribution in [0.15, 0.2) is 24.3 Å². The van der Waals surface area contributed by atoms with Crippen LogP contribution in [0, 0.1) is 11.3 Å². The molecule has 0 aliphatic rings. The van der Waals surface area contributed by atoms with Gasteiger partial charge in [-0.25, -0.2) is 4.79 Å². The third-order valence-corrected chi connectivity index (χ3v) is 3.10. The van der Waals surface area contributed by atoms with Gasteiger partial charge in [0.15, 0.2) is 12.7 Å². The van der Waals surface area contributed by atoms with Gasteiger partial charge in [0.1, 0.15) is 5.75 Å². The second kappa shape index (κ2) is 9.46. The molecule has 1 N–H and O–H groups in total. The predicted molar refractivity (Wildman–Crippen MR) is 84.7 cm³/mol. The number of hydrogen-bond donors (Lipinski definition) is 1. The van der Waals surface area contributed by atoms with Crippen molar-refractivity contribution in [2.24, 2.45) is 0 Å². The van der Waals surface area contributed by atoms with Crippen molar-refractivity contribution in [2.45, 2.75) is 45.8 Å². The van der Waals surface area contributed by atoms with Gasteiger partial charge in [-0.15, -0.1) is 0 Å². The summed E-state index contributed by atoms with van der Waals surface area (Å²) < 4.78 is 10.3. The molecule has 2 atom stereocenters. The van der Waals surface area contributed by atoms with E-state index in [1.807, 2.05) is 19.9 Å². The maximum absolute atomic E-state index is 11.8. The number of carbonyl (C=O) groups excluding carboxylic acids is 2. The summed E-state index contributed by atoms with van der Waals surface area (Å²) in [4.78, 5) is 23.4. The molecule has 0 aliphatic heterocycles. The lowest BCUT2D eigenvalue weighted by atomic mass is 10.2. The molecule has 23 heavy (non-hydrogen) atoms. The van der Waals surface area contributed by atoms with E-state index in [1.54, 1.807) is 24.3 Å². The topological polar surface area (TPSA) is 88.4 Å². The summed E-state index contributed by atoms with van der Waals surface area (Å²) in [6.45, 7) is 5.15. The van der Waals surface area contributed by atoms with Crippen LogP contribution < -0.4 is 10.1 Å². The molecule has 0 aliphatic carbocycles. The van der Waals surface area contributed by atoms with Gasteiger partial charge in [-0.1, -0.05) is 13.3 Å². The zero-order valence-corrected chi connectivity index (χ0v) is 13.7. The molecule has 0 heterocycles. The minimum atomic E-state index is -0.844. The van der Waals surface area contributed by atoms with Gasteiger partial charge in [-0.05, 0) is 44.5 Å². The van der Waals surface area contributed by atoms with E-state index in [-0.39, 0.29) is 18.6 Å². The van der Waals surface area contributed by atoms with Crippen molar-refractivity contribution in [3.63, 3.8) is 0 Å². The molecule has 0 saturated carbocycles. The Balaban J connectivity index is 2.38. The number of ether oxygens (including phenoxy) is 2. The third kappa shape index (κ3) is 6.83. The smallest absolute Gasteiger partial charge is 0.347 e. The van der Waals surface area contributed by atoms with Crippen LogP contribution in [0.25, 0.3) is 0 Å². The molecule has 1 amide bonds. The van der Waals surface area contributed by atoms with Gasteiger partial charge < -0.3 is 14.8 Å². The maximum atomic E-state index is 11.8. The molecule has 1 aromatic rings. The molecule has 6 heteroatoms. The fourth-order valence-electron chi connectivity index (χ4n) is 1.94. The van der Waals surface area contributed by atoms with E-state index in [1.165, 1.54) is 6.92 Å².